The van der Waals surface area contributed by atoms with Gasteiger partial charge in [0.05, 0.1) is 0 Å². The number of nitrogens with zero attached hydrogens (tertiary/aromatic N) is 2. The van der Waals surface area contributed by atoms with Crippen molar-refractivity contribution >= 4 is 0 Å². The second-order valence-corrected chi connectivity index (χ2v) is 4.96. The Morgan fingerprint density at radius 3 is 2.95 bits per heavy atom. The Morgan fingerprint density at radius 2 is 2.16 bits per heavy atom. The summed E-state index contributed by atoms with van der Waals surface area (Å²) in [6, 6.07) is 12.1. The number of H-pyrrole nitrogens is 1. The van der Waals surface area contributed by atoms with E-state index in [9.17, 15) is 0 Å². The number of rotatable bonds is 5. The Labute approximate surface area is 113 Å². The molecule has 1 aromatic heterocycles. The fourth-order valence-corrected chi connectivity index (χ4v) is 2.59. The minimum atomic E-state index is 0.597. The molecule has 1 saturated heterocycles. The van der Waals surface area contributed by atoms with Crippen LogP contribution in [-0.2, 0) is 0 Å². The van der Waals surface area contributed by atoms with Gasteiger partial charge in [-0.15, -0.1) is 0 Å². The Balaban J connectivity index is 1.43. The van der Waals surface area contributed by atoms with Crippen molar-refractivity contribution in [1.82, 2.24) is 15.1 Å². The molecule has 4 heteroatoms. The molecule has 4 nitrogen and oxygen atoms in total. The first-order valence-electron chi connectivity index (χ1n) is 6.81. The molecule has 0 aliphatic carbocycles. The normalized spacial score (nSPS) is 19.7. The molecule has 19 heavy (non-hydrogen) atoms. The van der Waals surface area contributed by atoms with Crippen molar-refractivity contribution in [2.45, 2.75) is 12.3 Å². The van der Waals surface area contributed by atoms with Crippen LogP contribution in [0.5, 0.6) is 5.75 Å². The van der Waals surface area contributed by atoms with Gasteiger partial charge in [-0.3, -0.25) is 10.00 Å². The van der Waals surface area contributed by atoms with Crippen molar-refractivity contribution in [1.29, 1.82) is 0 Å². The maximum Gasteiger partial charge on any atom is 0.119 e. The number of para-hydroxylation sites is 1. The van der Waals surface area contributed by atoms with Crippen LogP contribution < -0.4 is 4.74 Å². The monoisotopic (exact) mass is 257 g/mol. The van der Waals surface area contributed by atoms with Crippen molar-refractivity contribution < 1.29 is 4.74 Å². The smallest absolute Gasteiger partial charge is 0.119 e. The highest BCUT2D eigenvalue weighted by Gasteiger charge is 2.24. The molecule has 1 aliphatic rings. The summed E-state index contributed by atoms with van der Waals surface area (Å²) in [5.41, 5.74) is 1.26. The summed E-state index contributed by atoms with van der Waals surface area (Å²) in [7, 11) is 0. The summed E-state index contributed by atoms with van der Waals surface area (Å²) in [5, 5.41) is 7.10. The van der Waals surface area contributed by atoms with Crippen LogP contribution in [0.1, 0.15) is 18.0 Å². The average molecular weight is 257 g/mol. The Kier molecular flexibility index (Phi) is 3.79. The third kappa shape index (κ3) is 3.15. The topological polar surface area (TPSA) is 41.1 Å². The van der Waals surface area contributed by atoms with Crippen LogP contribution in [0.4, 0.5) is 0 Å². The summed E-state index contributed by atoms with van der Waals surface area (Å²) in [6.45, 7) is 3.97. The van der Waals surface area contributed by atoms with E-state index in [1.54, 1.807) is 0 Å². The number of hydrogen-bond acceptors (Lipinski definition) is 3. The summed E-state index contributed by atoms with van der Waals surface area (Å²) < 4.78 is 5.73. The highest BCUT2D eigenvalue weighted by atomic mass is 16.5. The fourth-order valence-electron chi connectivity index (χ4n) is 2.59. The third-order valence-electron chi connectivity index (χ3n) is 3.65. The van der Waals surface area contributed by atoms with Gasteiger partial charge in [-0.05, 0) is 31.2 Å². The molecule has 100 valence electrons. The van der Waals surface area contributed by atoms with E-state index in [0.717, 1.165) is 32.0 Å². The highest BCUT2D eigenvalue weighted by Crippen LogP contribution is 2.24. The molecule has 2 heterocycles. The molecule has 0 spiro atoms. The van der Waals surface area contributed by atoms with E-state index >= 15 is 0 Å². The van der Waals surface area contributed by atoms with Crippen LogP contribution in [0.15, 0.2) is 42.6 Å². The number of aromatic nitrogens is 2. The molecule has 1 N–H and O–H groups in total. The van der Waals surface area contributed by atoms with Crippen LogP contribution in [0, 0.1) is 0 Å². The van der Waals surface area contributed by atoms with Crippen molar-refractivity contribution in [3.05, 3.63) is 48.3 Å². The fraction of sp³-hybridized carbons (Fsp3) is 0.400. The predicted octanol–water partition coefficient (Wildman–Crippen LogP) is 2.28. The number of likely N-dealkylation sites (tertiary alicyclic amines) is 1. The van der Waals surface area contributed by atoms with E-state index in [1.807, 2.05) is 36.5 Å². The first-order chi connectivity index (χ1) is 9.42. The van der Waals surface area contributed by atoms with Gasteiger partial charge in [0, 0.05) is 30.9 Å². The second kappa shape index (κ2) is 5.89. The number of aromatic amines is 1. The minimum Gasteiger partial charge on any atom is -0.492 e. The molecule has 1 atom stereocenters. The predicted molar refractivity (Wildman–Crippen MR) is 74.3 cm³/mol. The number of nitrogens with one attached hydrogen (secondary N) is 1. The summed E-state index contributed by atoms with van der Waals surface area (Å²) in [4.78, 5) is 2.45. The molecule has 3 rings (SSSR count). The lowest BCUT2D eigenvalue weighted by atomic mass is 10.1. The van der Waals surface area contributed by atoms with Gasteiger partial charge in [0.25, 0.3) is 0 Å². The van der Waals surface area contributed by atoms with Gasteiger partial charge >= 0.3 is 0 Å². The van der Waals surface area contributed by atoms with E-state index in [2.05, 4.69) is 21.2 Å². The van der Waals surface area contributed by atoms with Crippen LogP contribution in [-0.4, -0.2) is 41.3 Å². The highest BCUT2D eigenvalue weighted by molar-refractivity contribution is 5.20. The van der Waals surface area contributed by atoms with E-state index in [4.69, 9.17) is 4.74 Å². The molecule has 0 bridgehead atoms. The maximum atomic E-state index is 5.73. The standard InChI is InChI=1S/C15H19N3O/c1-2-4-14(5-3-1)19-11-10-18-9-7-13(12-18)15-6-8-16-17-15/h1-6,8,13H,7,9-12H2,(H,16,17)/t13-/m1/s1. The van der Waals surface area contributed by atoms with Gasteiger partial charge in [-0.25, -0.2) is 0 Å². The average Bonchev–Trinajstić information content (AvgIpc) is 3.10. The van der Waals surface area contributed by atoms with Crippen molar-refractivity contribution in [3.63, 3.8) is 0 Å². The lowest BCUT2D eigenvalue weighted by molar-refractivity contribution is 0.236. The van der Waals surface area contributed by atoms with Gasteiger partial charge in [0.15, 0.2) is 0 Å². The van der Waals surface area contributed by atoms with E-state index in [0.29, 0.717) is 5.92 Å². The molecule has 1 aliphatic heterocycles. The quantitative estimate of drug-likeness (QED) is 0.893. The third-order valence-corrected chi connectivity index (χ3v) is 3.65. The summed E-state index contributed by atoms with van der Waals surface area (Å²) in [5.74, 6) is 1.55. The van der Waals surface area contributed by atoms with Crippen LogP contribution in [0.3, 0.4) is 0 Å². The van der Waals surface area contributed by atoms with Crippen LogP contribution in [0.25, 0.3) is 0 Å². The largest absolute Gasteiger partial charge is 0.492 e. The number of benzene rings is 1. The minimum absolute atomic E-state index is 0.597. The molecular formula is C15H19N3O. The lowest BCUT2D eigenvalue weighted by Crippen LogP contribution is -2.26. The molecule has 0 unspecified atom stereocenters. The molecule has 1 fully saturated rings. The van der Waals surface area contributed by atoms with Crippen LogP contribution in [0.2, 0.25) is 0 Å². The van der Waals surface area contributed by atoms with Gasteiger partial charge in [-0.2, -0.15) is 5.10 Å². The molecule has 0 saturated carbocycles. The zero-order chi connectivity index (χ0) is 12.9. The Hall–Kier alpha value is -1.81. The van der Waals surface area contributed by atoms with Crippen molar-refractivity contribution in [2.24, 2.45) is 0 Å². The van der Waals surface area contributed by atoms with Gasteiger partial charge < -0.3 is 4.74 Å². The summed E-state index contributed by atoms with van der Waals surface area (Å²) in [6.07, 6.45) is 3.03. The molecular weight excluding hydrogens is 238 g/mol. The Bertz CT molecular complexity index is 483. The molecule has 1 aromatic carbocycles. The van der Waals surface area contributed by atoms with Crippen molar-refractivity contribution in [3.8, 4) is 5.75 Å². The number of ether oxygens (including phenoxy) is 1. The van der Waals surface area contributed by atoms with E-state index < -0.39 is 0 Å². The summed E-state index contributed by atoms with van der Waals surface area (Å²) >= 11 is 0. The second-order valence-electron chi connectivity index (χ2n) is 4.96. The van der Waals surface area contributed by atoms with Gasteiger partial charge in [0.2, 0.25) is 0 Å². The maximum absolute atomic E-state index is 5.73. The number of hydrogen-bond donors (Lipinski definition) is 1. The Morgan fingerprint density at radius 1 is 1.26 bits per heavy atom. The van der Waals surface area contributed by atoms with Crippen LogP contribution >= 0.6 is 0 Å². The zero-order valence-corrected chi connectivity index (χ0v) is 11.0. The van der Waals surface area contributed by atoms with E-state index in [-0.39, 0.29) is 0 Å². The first kappa shape index (κ1) is 12.2. The SMILES string of the molecule is c1ccc(OCCN2CC[C@@H](c3ccn[nH]3)C2)cc1. The van der Waals surface area contributed by atoms with Gasteiger partial charge in [-0.1, -0.05) is 18.2 Å². The molecule has 0 radical (unpaired) electrons. The lowest BCUT2D eigenvalue weighted by Gasteiger charge is -2.16. The van der Waals surface area contributed by atoms with Gasteiger partial charge in [0.1, 0.15) is 12.4 Å². The van der Waals surface area contributed by atoms with Crippen molar-refractivity contribution in [2.75, 3.05) is 26.2 Å². The zero-order valence-electron chi connectivity index (χ0n) is 11.0. The first-order valence-corrected chi connectivity index (χ1v) is 6.81. The molecule has 0 amide bonds. The van der Waals surface area contributed by atoms with E-state index in [1.165, 1.54) is 12.1 Å². The molecule has 2 aromatic rings.